The summed E-state index contributed by atoms with van der Waals surface area (Å²) in [6.45, 7) is 15.8. The number of nitrogens with one attached hydrogen (secondary N) is 1. The zero-order valence-corrected chi connectivity index (χ0v) is 32.6. The van der Waals surface area contributed by atoms with Crippen LogP contribution in [0.4, 0.5) is 5.69 Å². The van der Waals surface area contributed by atoms with Gasteiger partial charge < -0.3 is 34.3 Å². The first-order valence-electron chi connectivity index (χ1n) is 18.7. The minimum absolute atomic E-state index is 0.0386. The molecule has 286 valence electrons. The topological polar surface area (TPSA) is 136 Å². The number of fused-ring (bicyclic) bond motifs is 1. The third-order valence-electron chi connectivity index (χ3n) is 10.9. The van der Waals surface area contributed by atoms with Crippen LogP contribution in [-0.2, 0) is 28.5 Å². The molecule has 12 nitrogen and oxygen atoms in total. The second-order valence-corrected chi connectivity index (χ2v) is 15.8. The van der Waals surface area contributed by atoms with E-state index < -0.39 is 41.4 Å². The van der Waals surface area contributed by atoms with E-state index in [4.69, 9.17) is 18.9 Å². The fourth-order valence-electron chi connectivity index (χ4n) is 7.97. The molecule has 2 aromatic rings. The van der Waals surface area contributed by atoms with Crippen molar-refractivity contribution in [1.82, 2.24) is 19.8 Å². The van der Waals surface area contributed by atoms with E-state index in [2.05, 4.69) is 34.0 Å². The van der Waals surface area contributed by atoms with E-state index in [1.807, 2.05) is 57.2 Å². The van der Waals surface area contributed by atoms with Crippen LogP contribution < -0.4 is 5.32 Å². The average molecular weight is 714 g/mol. The number of aliphatic hydroxyl groups excluding tert-OH is 1. The number of benzene rings is 1. The van der Waals surface area contributed by atoms with Crippen LogP contribution in [0.5, 0.6) is 0 Å². The number of nitrogens with zero attached hydrogens (tertiary/aromatic N) is 4. The molecule has 1 aromatic carbocycles. The second-order valence-electron chi connectivity index (χ2n) is 15.8. The number of Topliss-reactive ketones (excluding diaryl/α,β-unsaturated/α-hetero) is 1. The second kappa shape index (κ2) is 17.9. The molecule has 5 unspecified atom stereocenters. The third kappa shape index (κ3) is 10.0. The Morgan fingerprint density at radius 3 is 2.59 bits per heavy atom. The van der Waals surface area contributed by atoms with Gasteiger partial charge in [0.25, 0.3) is 0 Å². The lowest BCUT2D eigenvalue weighted by Gasteiger charge is -2.47. The van der Waals surface area contributed by atoms with Crippen molar-refractivity contribution >= 4 is 28.3 Å². The number of ether oxygens (including phenoxy) is 4. The number of carbonyl (C=O) groups is 2. The number of esters is 1. The van der Waals surface area contributed by atoms with Crippen molar-refractivity contribution in [2.45, 2.75) is 123 Å². The third-order valence-corrected chi connectivity index (χ3v) is 10.9. The molecule has 4 rings (SSSR count). The molecule has 2 saturated heterocycles. The number of anilines is 1. The molecule has 51 heavy (non-hydrogen) atoms. The van der Waals surface area contributed by atoms with Gasteiger partial charge in [-0.3, -0.25) is 14.5 Å². The number of hydrogen-bond acceptors (Lipinski definition) is 12. The van der Waals surface area contributed by atoms with Gasteiger partial charge >= 0.3 is 5.97 Å². The summed E-state index contributed by atoms with van der Waals surface area (Å²) in [5.41, 5.74) is -0.484. The maximum absolute atomic E-state index is 14.3. The van der Waals surface area contributed by atoms with E-state index in [0.29, 0.717) is 12.8 Å². The van der Waals surface area contributed by atoms with E-state index in [0.717, 1.165) is 55.5 Å². The summed E-state index contributed by atoms with van der Waals surface area (Å²) in [5, 5.41) is 15.9. The zero-order valence-electron chi connectivity index (χ0n) is 32.6. The van der Waals surface area contributed by atoms with Crippen molar-refractivity contribution in [3.63, 3.8) is 0 Å². The maximum Gasteiger partial charge on any atom is 0.319 e. The lowest BCUT2D eigenvalue weighted by molar-refractivity contribution is -0.295. The lowest BCUT2D eigenvalue weighted by Crippen LogP contribution is -2.59. The highest BCUT2D eigenvalue weighted by atomic mass is 16.7. The van der Waals surface area contributed by atoms with Crippen LogP contribution in [0.15, 0.2) is 30.7 Å². The first-order valence-corrected chi connectivity index (χ1v) is 18.7. The smallest absolute Gasteiger partial charge is 0.319 e. The minimum Gasteiger partial charge on any atom is -0.463 e. The van der Waals surface area contributed by atoms with E-state index >= 15 is 0 Å². The summed E-state index contributed by atoms with van der Waals surface area (Å²) in [6, 6.07) is 5.83. The molecule has 2 aliphatic rings. The molecule has 2 fully saturated rings. The molecule has 1 aromatic heterocycles. The van der Waals surface area contributed by atoms with Gasteiger partial charge in [0.2, 0.25) is 0 Å². The molecular formula is C39H63N5O7. The fraction of sp³-hybridized carbons (Fsp3) is 0.744. The Hall–Kier alpha value is -2.74. The minimum atomic E-state index is -1.44. The van der Waals surface area contributed by atoms with Crippen molar-refractivity contribution in [3.05, 3.63) is 30.7 Å². The van der Waals surface area contributed by atoms with Crippen molar-refractivity contribution in [2.24, 2.45) is 17.3 Å². The Bertz CT molecular complexity index is 1440. The van der Waals surface area contributed by atoms with Crippen molar-refractivity contribution in [1.29, 1.82) is 0 Å². The molecule has 3 heterocycles. The number of cyclic esters (lactones) is 1. The van der Waals surface area contributed by atoms with Crippen molar-refractivity contribution in [2.75, 3.05) is 52.8 Å². The highest BCUT2D eigenvalue weighted by Crippen LogP contribution is 2.38. The highest BCUT2D eigenvalue weighted by Gasteiger charge is 2.51. The summed E-state index contributed by atoms with van der Waals surface area (Å²) in [4.78, 5) is 41.0. The first kappa shape index (κ1) is 41.0. The van der Waals surface area contributed by atoms with Gasteiger partial charge in [-0.25, -0.2) is 9.97 Å². The normalized spacial score (nSPS) is 32.9. The lowest BCUT2D eigenvalue weighted by atomic mass is 9.74. The number of likely N-dealkylation sites (N-methyl/N-ethyl adjacent to an activating group) is 1. The van der Waals surface area contributed by atoms with Gasteiger partial charge in [-0.2, -0.15) is 0 Å². The van der Waals surface area contributed by atoms with Crippen molar-refractivity contribution < 1.29 is 33.6 Å². The van der Waals surface area contributed by atoms with Gasteiger partial charge in [-0.1, -0.05) is 20.8 Å². The van der Waals surface area contributed by atoms with Crippen LogP contribution in [0, 0.1) is 17.3 Å². The summed E-state index contributed by atoms with van der Waals surface area (Å²) < 4.78 is 25.2. The van der Waals surface area contributed by atoms with Crippen LogP contribution in [0.25, 0.3) is 10.9 Å². The van der Waals surface area contributed by atoms with Crippen molar-refractivity contribution in [3.8, 4) is 0 Å². The first-order chi connectivity index (χ1) is 24.1. The van der Waals surface area contributed by atoms with Gasteiger partial charge in [0, 0.05) is 55.5 Å². The average Bonchev–Trinajstić information content (AvgIpc) is 3.09. The molecule has 0 spiro atoms. The van der Waals surface area contributed by atoms with Gasteiger partial charge in [-0.05, 0) is 105 Å². The maximum atomic E-state index is 14.3. The summed E-state index contributed by atoms with van der Waals surface area (Å²) in [7, 11) is 5.49. The Morgan fingerprint density at radius 2 is 1.90 bits per heavy atom. The van der Waals surface area contributed by atoms with E-state index in [-0.39, 0.29) is 36.5 Å². The number of ketones is 1. The molecule has 2 aliphatic heterocycles. The monoisotopic (exact) mass is 713 g/mol. The molecule has 12 heteroatoms. The standard InChI is InChI=1S/C39H63N5O7/c1-11-17-44-22-25(2)20-39(7,48-10)35(51-36-33(45)32(43(8)9)18-26(3)50-36)27(4)34(46)38(5,6)37(47)49-23-30(44)13-12-16-41-29-14-15-31-28(19-29)21-40-24-42-31/h14-15,19,21,24-27,30,32-33,35-36,41,45H,11-13,16-18,20,22-23H2,1-10H3/t25?,26-,27?,30?,32+,33-,35?,36+,39?/m1/s1. The molecule has 9 atom stereocenters. The van der Waals surface area contributed by atoms with Gasteiger partial charge in [0.15, 0.2) is 12.1 Å². The number of methoxy groups -OCH3 is 1. The predicted octanol–water partition coefficient (Wildman–Crippen LogP) is 4.93. The Labute approximate surface area is 304 Å². The molecular weight excluding hydrogens is 650 g/mol. The number of rotatable bonds is 11. The molecule has 0 bridgehead atoms. The molecule has 2 N–H and O–H groups in total. The molecule has 0 amide bonds. The summed E-state index contributed by atoms with van der Waals surface area (Å²) >= 11 is 0. The number of aromatic nitrogens is 2. The Kier molecular flexibility index (Phi) is 14.4. The van der Waals surface area contributed by atoms with Gasteiger partial charge in [0.05, 0.1) is 23.3 Å². The van der Waals surface area contributed by atoms with E-state index in [9.17, 15) is 14.7 Å². The predicted molar refractivity (Wildman–Crippen MR) is 198 cm³/mol. The quantitative estimate of drug-likeness (QED) is 0.186. The van der Waals surface area contributed by atoms with E-state index in [1.165, 1.54) is 0 Å². The number of carbonyl (C=O) groups excluding carboxylic acids is 2. The Morgan fingerprint density at radius 1 is 1.16 bits per heavy atom. The SMILES string of the molecule is CCCN1CC(C)CC(C)(OC)C(O[C@@H]2O[C@H](C)C[C@H](N(C)C)[C@H]2O)C(C)C(=O)C(C)(C)C(=O)OCC1CCCNc1ccc2ncncc2c1. The van der Waals surface area contributed by atoms with E-state index in [1.54, 1.807) is 34.2 Å². The van der Waals surface area contributed by atoms with Crippen LogP contribution in [0.3, 0.4) is 0 Å². The van der Waals surface area contributed by atoms with Crippen LogP contribution in [-0.4, -0.2) is 126 Å². The van der Waals surface area contributed by atoms with Gasteiger partial charge in [0.1, 0.15) is 24.5 Å². The van der Waals surface area contributed by atoms with Crippen LogP contribution in [0.1, 0.15) is 80.6 Å². The fourth-order valence-corrected chi connectivity index (χ4v) is 7.97. The van der Waals surface area contributed by atoms with Crippen LogP contribution in [0.2, 0.25) is 0 Å². The summed E-state index contributed by atoms with van der Waals surface area (Å²) in [6.07, 6.45) is 4.26. The molecule has 0 saturated carbocycles. The molecule has 0 aliphatic carbocycles. The Balaban J connectivity index is 1.58. The largest absolute Gasteiger partial charge is 0.463 e. The highest BCUT2D eigenvalue weighted by molar-refractivity contribution is 6.04. The van der Waals surface area contributed by atoms with Gasteiger partial charge in [-0.15, -0.1) is 0 Å². The van der Waals surface area contributed by atoms with Crippen LogP contribution >= 0.6 is 0 Å². The zero-order chi connectivity index (χ0) is 37.5. The number of hydrogen-bond donors (Lipinski definition) is 2. The molecule has 0 radical (unpaired) electrons. The summed E-state index contributed by atoms with van der Waals surface area (Å²) in [5.74, 6) is -1.50. The number of aliphatic hydroxyl groups is 1.